The van der Waals surface area contributed by atoms with Gasteiger partial charge in [0.2, 0.25) is 5.91 Å². The molecular formula is C21H21FN6O2. The molecule has 8 nitrogen and oxygen atoms in total. The van der Waals surface area contributed by atoms with Gasteiger partial charge in [-0.3, -0.25) is 14.6 Å². The third-order valence-corrected chi connectivity index (χ3v) is 6.31. The largest absolute Gasteiger partial charge is 0.351 e. The van der Waals surface area contributed by atoms with Crippen molar-refractivity contribution in [2.45, 2.75) is 43.7 Å². The van der Waals surface area contributed by atoms with E-state index in [2.05, 4.69) is 25.0 Å². The van der Waals surface area contributed by atoms with Gasteiger partial charge in [0.15, 0.2) is 6.29 Å². The number of amides is 1. The van der Waals surface area contributed by atoms with Gasteiger partial charge in [-0.05, 0) is 37.3 Å². The zero-order valence-corrected chi connectivity index (χ0v) is 16.3. The van der Waals surface area contributed by atoms with Crippen LogP contribution in [-0.2, 0) is 4.79 Å². The second-order valence-electron chi connectivity index (χ2n) is 8.15. The van der Waals surface area contributed by atoms with Gasteiger partial charge in [-0.15, -0.1) is 0 Å². The Kier molecular flexibility index (Phi) is 4.52. The summed E-state index contributed by atoms with van der Waals surface area (Å²) in [6.45, 7) is 0.676. The maximum atomic E-state index is 13.6. The number of hydrazone groups is 1. The molecule has 1 spiro atoms. The average Bonchev–Trinajstić information content (AvgIpc) is 3.34. The molecular weight excluding hydrogens is 387 g/mol. The van der Waals surface area contributed by atoms with Gasteiger partial charge in [0, 0.05) is 42.9 Å². The number of hydrogen-bond acceptors (Lipinski definition) is 7. The van der Waals surface area contributed by atoms with E-state index in [1.807, 2.05) is 0 Å². The Hall–Kier alpha value is -3.23. The summed E-state index contributed by atoms with van der Waals surface area (Å²) in [6, 6.07) is 2.80. The molecule has 2 aromatic rings. The smallest absolute Gasteiger partial charge is 0.246 e. The van der Waals surface area contributed by atoms with E-state index in [0.29, 0.717) is 43.4 Å². The predicted octanol–water partition coefficient (Wildman–Crippen LogP) is 2.53. The third kappa shape index (κ3) is 3.24. The molecule has 154 valence electrons. The van der Waals surface area contributed by atoms with Crippen molar-refractivity contribution in [3.05, 3.63) is 47.9 Å². The lowest BCUT2D eigenvalue weighted by atomic mass is 9.87. The minimum absolute atomic E-state index is 0.0276. The molecule has 2 aliphatic heterocycles. The Morgan fingerprint density at radius 3 is 2.87 bits per heavy atom. The maximum absolute atomic E-state index is 13.6. The van der Waals surface area contributed by atoms with E-state index < -0.39 is 5.82 Å². The third-order valence-electron chi connectivity index (χ3n) is 6.31. The number of halogens is 1. The van der Waals surface area contributed by atoms with E-state index in [9.17, 15) is 14.0 Å². The number of rotatable bonds is 4. The topological polar surface area (TPSA) is 91.7 Å². The van der Waals surface area contributed by atoms with E-state index >= 15 is 0 Å². The average molecular weight is 408 g/mol. The number of aldehydes is 1. The molecule has 2 unspecified atom stereocenters. The summed E-state index contributed by atoms with van der Waals surface area (Å²) >= 11 is 0. The van der Waals surface area contributed by atoms with Crippen LogP contribution < -0.4 is 4.90 Å². The Balaban J connectivity index is 1.33. The number of anilines is 1. The van der Waals surface area contributed by atoms with Crippen molar-refractivity contribution in [1.82, 2.24) is 20.0 Å². The standard InChI is InChI=1S/C21H21FN6O2/c22-16-7-15(10-23-11-16)18-1-5-26-28(18)20(30)14-2-6-27(21(9-14)3-4-21)19-8-17(12-29)24-13-25-19/h5,7-8,10-14,18H,1-4,6,9H2. The summed E-state index contributed by atoms with van der Waals surface area (Å²) in [5, 5.41) is 5.80. The highest BCUT2D eigenvalue weighted by atomic mass is 19.1. The van der Waals surface area contributed by atoms with Crippen molar-refractivity contribution in [2.24, 2.45) is 11.0 Å². The highest BCUT2D eigenvalue weighted by molar-refractivity contribution is 5.82. The van der Waals surface area contributed by atoms with Crippen LogP contribution in [0.25, 0.3) is 0 Å². The van der Waals surface area contributed by atoms with E-state index in [1.165, 1.54) is 17.4 Å². The van der Waals surface area contributed by atoms with Crippen LogP contribution in [0.1, 0.15) is 54.2 Å². The quantitative estimate of drug-likeness (QED) is 0.722. The second-order valence-corrected chi connectivity index (χ2v) is 8.15. The number of aromatic nitrogens is 3. The molecule has 1 aliphatic carbocycles. The molecule has 5 rings (SSSR count). The minimum Gasteiger partial charge on any atom is -0.351 e. The molecule has 2 atom stereocenters. The molecule has 0 N–H and O–H groups in total. The Labute approximate surface area is 172 Å². The molecule has 30 heavy (non-hydrogen) atoms. The van der Waals surface area contributed by atoms with E-state index in [-0.39, 0.29) is 23.4 Å². The first-order valence-corrected chi connectivity index (χ1v) is 10.1. The minimum atomic E-state index is -0.420. The molecule has 4 heterocycles. The highest BCUT2D eigenvalue weighted by Crippen LogP contribution is 2.52. The number of pyridine rings is 1. The number of nitrogens with zero attached hydrogens (tertiary/aromatic N) is 6. The van der Waals surface area contributed by atoms with Gasteiger partial charge in [-0.1, -0.05) is 0 Å². The van der Waals surface area contributed by atoms with Gasteiger partial charge in [-0.2, -0.15) is 5.10 Å². The maximum Gasteiger partial charge on any atom is 0.246 e. The fourth-order valence-electron chi connectivity index (χ4n) is 4.65. The van der Waals surface area contributed by atoms with Crippen LogP contribution >= 0.6 is 0 Å². The lowest BCUT2D eigenvalue weighted by molar-refractivity contribution is -0.138. The zero-order valence-electron chi connectivity index (χ0n) is 16.3. The Morgan fingerprint density at radius 1 is 1.23 bits per heavy atom. The van der Waals surface area contributed by atoms with Crippen molar-refractivity contribution in [1.29, 1.82) is 0 Å². The first-order chi connectivity index (χ1) is 14.6. The summed E-state index contributed by atoms with van der Waals surface area (Å²) in [5.74, 6) is 0.130. The normalized spacial score (nSPS) is 24.3. The molecule has 0 bridgehead atoms. The van der Waals surface area contributed by atoms with Crippen molar-refractivity contribution < 1.29 is 14.0 Å². The monoisotopic (exact) mass is 408 g/mol. The number of hydrogen-bond donors (Lipinski definition) is 0. The van der Waals surface area contributed by atoms with Gasteiger partial charge in [-0.25, -0.2) is 19.4 Å². The summed E-state index contributed by atoms with van der Waals surface area (Å²) in [7, 11) is 0. The number of piperidine rings is 1. The Bertz CT molecular complexity index is 1020. The molecule has 0 radical (unpaired) electrons. The SMILES string of the molecule is O=Cc1cc(N2CCC(C(=O)N3N=CCC3c3cncc(F)c3)CC23CC3)ncn1. The van der Waals surface area contributed by atoms with Gasteiger partial charge >= 0.3 is 0 Å². The van der Waals surface area contributed by atoms with Crippen LogP contribution in [0.3, 0.4) is 0 Å². The first kappa shape index (κ1) is 18.8. The van der Waals surface area contributed by atoms with Crippen molar-refractivity contribution >= 4 is 24.2 Å². The van der Waals surface area contributed by atoms with Crippen molar-refractivity contribution in [3.63, 3.8) is 0 Å². The Morgan fingerprint density at radius 2 is 2.10 bits per heavy atom. The molecule has 3 aliphatic rings. The summed E-state index contributed by atoms with van der Waals surface area (Å²) in [4.78, 5) is 38.8. The fourth-order valence-corrected chi connectivity index (χ4v) is 4.65. The van der Waals surface area contributed by atoms with Crippen LogP contribution in [0.5, 0.6) is 0 Å². The highest BCUT2D eigenvalue weighted by Gasteiger charge is 2.54. The number of carbonyl (C=O) groups is 2. The molecule has 1 amide bonds. The van der Waals surface area contributed by atoms with Gasteiger partial charge in [0.1, 0.15) is 23.7 Å². The van der Waals surface area contributed by atoms with Crippen LogP contribution in [0.2, 0.25) is 0 Å². The molecule has 1 saturated carbocycles. The van der Waals surface area contributed by atoms with E-state index in [1.54, 1.807) is 18.5 Å². The second kappa shape index (κ2) is 7.23. The van der Waals surface area contributed by atoms with Crippen LogP contribution in [-0.4, -0.2) is 50.5 Å². The number of carbonyl (C=O) groups excluding carboxylic acids is 2. The molecule has 0 aromatic carbocycles. The van der Waals surface area contributed by atoms with E-state index in [4.69, 9.17) is 0 Å². The van der Waals surface area contributed by atoms with E-state index in [0.717, 1.165) is 24.9 Å². The van der Waals surface area contributed by atoms with Gasteiger partial charge in [0.05, 0.1) is 12.2 Å². The lowest BCUT2D eigenvalue weighted by Gasteiger charge is -2.41. The summed E-state index contributed by atoms with van der Waals surface area (Å²) in [5.41, 5.74) is 0.903. The first-order valence-electron chi connectivity index (χ1n) is 10.1. The van der Waals surface area contributed by atoms with Gasteiger partial charge in [0.25, 0.3) is 0 Å². The van der Waals surface area contributed by atoms with Gasteiger partial charge < -0.3 is 4.90 Å². The molecule has 2 fully saturated rings. The summed E-state index contributed by atoms with van der Waals surface area (Å²) in [6.07, 6.45) is 10.5. The van der Waals surface area contributed by atoms with Crippen molar-refractivity contribution in [3.8, 4) is 0 Å². The molecule has 1 saturated heterocycles. The van der Waals surface area contributed by atoms with Crippen LogP contribution in [0.4, 0.5) is 10.2 Å². The van der Waals surface area contributed by atoms with Crippen molar-refractivity contribution in [2.75, 3.05) is 11.4 Å². The van der Waals surface area contributed by atoms with Crippen LogP contribution in [0, 0.1) is 11.7 Å². The summed E-state index contributed by atoms with van der Waals surface area (Å²) < 4.78 is 13.6. The fraction of sp³-hybridized carbons (Fsp3) is 0.429. The zero-order chi connectivity index (χ0) is 20.7. The molecule has 9 heteroatoms. The molecule has 2 aromatic heterocycles. The lowest BCUT2D eigenvalue weighted by Crippen LogP contribution is -2.49. The van der Waals surface area contributed by atoms with Crippen LogP contribution in [0.15, 0.2) is 36.0 Å². The predicted molar refractivity (Wildman–Crippen MR) is 106 cm³/mol.